The molecule has 4 aromatic rings. The third kappa shape index (κ3) is 8.11. The number of rotatable bonds is 10. The zero-order valence-electron chi connectivity index (χ0n) is 29.6. The van der Waals surface area contributed by atoms with Crippen molar-refractivity contribution in [3.63, 3.8) is 0 Å². The maximum atomic E-state index is 11.9. The first kappa shape index (κ1) is 36.6. The van der Waals surface area contributed by atoms with Crippen molar-refractivity contribution in [1.29, 1.82) is 5.26 Å². The van der Waals surface area contributed by atoms with Gasteiger partial charge in [-0.15, -0.1) is 0 Å². The molecule has 2 N–H and O–H groups in total. The van der Waals surface area contributed by atoms with Gasteiger partial charge in [-0.3, -0.25) is 19.4 Å². The molecule has 5 heterocycles. The van der Waals surface area contributed by atoms with Gasteiger partial charge in [0.15, 0.2) is 6.61 Å². The summed E-state index contributed by atoms with van der Waals surface area (Å²) in [5, 5.41) is 16.4. The molecule has 0 bridgehead atoms. The average Bonchev–Trinajstić information content (AvgIpc) is 3.58. The molecule has 3 aliphatic rings. The van der Waals surface area contributed by atoms with E-state index >= 15 is 0 Å². The first-order valence-corrected chi connectivity index (χ1v) is 18.7. The smallest absolute Gasteiger partial charge is 0.220 e. The number of methoxy groups -OCH3 is 1. The third-order valence-electron chi connectivity index (χ3n) is 10.1. The Morgan fingerprint density at radius 3 is 2.04 bits per heavy atom. The highest BCUT2D eigenvalue weighted by atomic mass is 35.5. The summed E-state index contributed by atoms with van der Waals surface area (Å²) in [5.41, 5.74) is 5.84. The molecule has 13 heteroatoms. The van der Waals surface area contributed by atoms with E-state index in [1.165, 1.54) is 0 Å². The molecule has 2 aromatic carbocycles. The van der Waals surface area contributed by atoms with Crippen molar-refractivity contribution >= 4 is 35.0 Å². The van der Waals surface area contributed by atoms with Crippen molar-refractivity contribution in [2.75, 3.05) is 46.4 Å². The van der Waals surface area contributed by atoms with Gasteiger partial charge in [0.25, 0.3) is 0 Å². The van der Waals surface area contributed by atoms with Gasteiger partial charge in [-0.25, -0.2) is 9.97 Å². The Kier molecular flexibility index (Phi) is 11.1. The number of likely N-dealkylation sites (tertiary alicyclic amines) is 1. The predicted octanol–water partition coefficient (Wildman–Crippen LogP) is 6.26. The summed E-state index contributed by atoms with van der Waals surface area (Å²) < 4.78 is 11.6. The molecular formula is C40H41Cl2N7O4. The van der Waals surface area contributed by atoms with Gasteiger partial charge in [0.2, 0.25) is 23.6 Å². The Balaban J connectivity index is 1.13. The van der Waals surface area contributed by atoms with Crippen molar-refractivity contribution < 1.29 is 19.1 Å². The van der Waals surface area contributed by atoms with Crippen LogP contribution in [-0.4, -0.2) is 83.6 Å². The fourth-order valence-electron chi connectivity index (χ4n) is 7.50. The number of carbonyl (C=O) groups is 2. The number of nitriles is 1. The van der Waals surface area contributed by atoms with Gasteiger partial charge in [-0.2, -0.15) is 5.26 Å². The predicted molar refractivity (Wildman–Crippen MR) is 204 cm³/mol. The Bertz CT molecular complexity index is 2060. The maximum Gasteiger partial charge on any atom is 0.220 e. The fraction of sp³-hybridized carbons (Fsp3) is 0.375. The summed E-state index contributed by atoms with van der Waals surface area (Å²) in [6, 6.07) is 21.4. The molecule has 0 radical (unpaired) electrons. The Labute approximate surface area is 319 Å². The van der Waals surface area contributed by atoms with Crippen LogP contribution in [-0.2, 0) is 22.7 Å². The van der Waals surface area contributed by atoms with E-state index in [2.05, 4.69) is 20.4 Å². The number of nitrogens with zero attached hydrogens (tertiary/aromatic N) is 5. The van der Waals surface area contributed by atoms with Gasteiger partial charge < -0.3 is 20.1 Å². The normalized spacial score (nSPS) is 17.5. The van der Waals surface area contributed by atoms with Gasteiger partial charge in [0, 0.05) is 85.5 Å². The van der Waals surface area contributed by atoms with Crippen LogP contribution in [0, 0.1) is 11.3 Å². The van der Waals surface area contributed by atoms with Gasteiger partial charge >= 0.3 is 0 Å². The molecule has 0 saturated carbocycles. The number of amides is 2. The van der Waals surface area contributed by atoms with Crippen LogP contribution in [0.15, 0.2) is 60.7 Å². The summed E-state index contributed by atoms with van der Waals surface area (Å²) in [4.78, 5) is 38.0. The first-order valence-electron chi connectivity index (χ1n) is 17.9. The quantitative estimate of drug-likeness (QED) is 0.193. The number of hydrogen-bond donors (Lipinski definition) is 2. The van der Waals surface area contributed by atoms with E-state index in [0.29, 0.717) is 71.2 Å². The van der Waals surface area contributed by atoms with Crippen molar-refractivity contribution in [2.45, 2.75) is 50.7 Å². The van der Waals surface area contributed by atoms with Gasteiger partial charge in [0.1, 0.15) is 6.07 Å². The number of ether oxygens (including phenoxy) is 2. The molecule has 0 aliphatic carbocycles. The Morgan fingerprint density at radius 1 is 0.792 bits per heavy atom. The number of hydrogen-bond acceptors (Lipinski definition) is 9. The highest BCUT2D eigenvalue weighted by molar-refractivity contribution is 6.39. The lowest BCUT2D eigenvalue weighted by Crippen LogP contribution is -2.66. The van der Waals surface area contributed by atoms with Crippen LogP contribution in [0.2, 0.25) is 10.0 Å². The van der Waals surface area contributed by atoms with E-state index in [4.69, 9.17) is 42.6 Å². The molecule has 1 spiro atoms. The SMILES string of the molecule is COc1nc(-c2cccc(-c3cccc(-c4ccc(CN5CC6(CCC(=O)N6)C5)c(OCC#N)n4)c3Cl)c2Cl)ccc1CN1CCCCC(=O)NCC1. The van der Waals surface area contributed by atoms with E-state index in [1.807, 2.05) is 66.7 Å². The second-order valence-corrected chi connectivity index (χ2v) is 14.6. The van der Waals surface area contributed by atoms with Crippen molar-refractivity contribution in [3.8, 4) is 51.5 Å². The second-order valence-electron chi connectivity index (χ2n) is 13.9. The van der Waals surface area contributed by atoms with Crippen LogP contribution in [0.25, 0.3) is 33.6 Å². The van der Waals surface area contributed by atoms with Crippen LogP contribution in [0.3, 0.4) is 0 Å². The van der Waals surface area contributed by atoms with E-state index in [1.54, 1.807) is 7.11 Å². The van der Waals surface area contributed by atoms with Gasteiger partial charge in [0.05, 0.1) is 34.1 Å². The summed E-state index contributed by atoms with van der Waals surface area (Å²) in [6.07, 6.45) is 3.79. The van der Waals surface area contributed by atoms with E-state index in [0.717, 1.165) is 73.3 Å². The van der Waals surface area contributed by atoms with Crippen molar-refractivity contribution in [1.82, 2.24) is 30.4 Å². The molecule has 3 saturated heterocycles. The second kappa shape index (κ2) is 16.1. The Hall–Kier alpha value is -4.73. The molecule has 7 rings (SSSR count). The van der Waals surface area contributed by atoms with Gasteiger partial charge in [-0.05, 0) is 37.9 Å². The fourth-order valence-corrected chi connectivity index (χ4v) is 8.15. The largest absolute Gasteiger partial charge is 0.481 e. The number of halogens is 2. The lowest BCUT2D eigenvalue weighted by atomic mass is 9.88. The van der Waals surface area contributed by atoms with Crippen LogP contribution >= 0.6 is 23.2 Å². The van der Waals surface area contributed by atoms with Crippen molar-refractivity contribution in [2.24, 2.45) is 0 Å². The topological polar surface area (TPSA) is 133 Å². The molecule has 3 fully saturated rings. The van der Waals surface area contributed by atoms with Crippen LogP contribution in [0.1, 0.15) is 43.2 Å². The molecule has 2 aromatic heterocycles. The molecular weight excluding hydrogens is 713 g/mol. The van der Waals surface area contributed by atoms with Crippen LogP contribution < -0.4 is 20.1 Å². The maximum absolute atomic E-state index is 11.9. The van der Waals surface area contributed by atoms with E-state index in [-0.39, 0.29) is 24.0 Å². The van der Waals surface area contributed by atoms with Crippen molar-refractivity contribution in [3.05, 3.63) is 81.8 Å². The van der Waals surface area contributed by atoms with Crippen LogP contribution in [0.5, 0.6) is 11.8 Å². The lowest BCUT2D eigenvalue weighted by Gasteiger charge is -2.48. The number of aromatic nitrogens is 2. The number of pyridine rings is 2. The molecule has 3 aliphatic heterocycles. The number of benzene rings is 2. The number of nitrogens with one attached hydrogen (secondary N) is 2. The molecule has 11 nitrogen and oxygen atoms in total. The molecule has 53 heavy (non-hydrogen) atoms. The van der Waals surface area contributed by atoms with Gasteiger partial charge in [-0.1, -0.05) is 71.7 Å². The standard InChI is InChI=1S/C40H41Cl2N7O4/c1-52-38-26(22-48-19-3-2-10-34(50)44-18-20-48)11-13-32(45-38)30-8-4-6-28(36(30)41)29-7-5-9-31(37(29)42)33-14-12-27(39(46-33)53-21-17-43)23-49-24-40(25-49)16-15-35(51)47-40/h4-9,11-14H,2-3,10,15-16,18-25H2,1H3,(H,44,50)(H,47,51). The summed E-state index contributed by atoms with van der Waals surface area (Å²) >= 11 is 14.3. The Morgan fingerprint density at radius 2 is 1.42 bits per heavy atom. The monoisotopic (exact) mass is 753 g/mol. The summed E-state index contributed by atoms with van der Waals surface area (Å²) in [6.45, 7) is 4.87. The highest BCUT2D eigenvalue weighted by Gasteiger charge is 2.47. The third-order valence-corrected chi connectivity index (χ3v) is 11.0. The molecule has 0 atom stereocenters. The average molecular weight is 755 g/mol. The lowest BCUT2D eigenvalue weighted by molar-refractivity contribution is -0.121. The minimum absolute atomic E-state index is 0.107. The minimum atomic E-state index is -0.142. The zero-order valence-corrected chi connectivity index (χ0v) is 31.1. The summed E-state index contributed by atoms with van der Waals surface area (Å²) in [7, 11) is 1.62. The molecule has 274 valence electrons. The van der Waals surface area contributed by atoms with E-state index in [9.17, 15) is 14.9 Å². The zero-order chi connectivity index (χ0) is 37.0. The first-order chi connectivity index (χ1) is 25.8. The van der Waals surface area contributed by atoms with E-state index < -0.39 is 0 Å². The number of carbonyl (C=O) groups excluding carboxylic acids is 2. The molecule has 2 amide bonds. The summed E-state index contributed by atoms with van der Waals surface area (Å²) in [5.74, 6) is 1.11. The molecule has 0 unspecified atom stereocenters. The van der Waals surface area contributed by atoms with Crippen LogP contribution in [0.4, 0.5) is 0 Å². The minimum Gasteiger partial charge on any atom is -0.481 e. The highest BCUT2D eigenvalue weighted by Crippen LogP contribution is 2.43.